The molecule has 0 aliphatic rings. The van der Waals surface area contributed by atoms with Gasteiger partial charge in [0.25, 0.3) is 0 Å². The van der Waals surface area contributed by atoms with E-state index in [0.29, 0.717) is 5.92 Å². The first-order valence-corrected chi connectivity index (χ1v) is 6.82. The highest BCUT2D eigenvalue weighted by molar-refractivity contribution is 5.27. The van der Waals surface area contributed by atoms with Gasteiger partial charge in [0, 0.05) is 12.4 Å². The molecule has 1 aromatic heterocycles. The van der Waals surface area contributed by atoms with Crippen LogP contribution in [0.4, 0.5) is 0 Å². The predicted octanol–water partition coefficient (Wildman–Crippen LogP) is 3.66. The van der Waals surface area contributed by atoms with Crippen molar-refractivity contribution in [2.45, 2.75) is 26.8 Å². The number of hydrogen-bond donors (Lipinski definition) is 1. The van der Waals surface area contributed by atoms with E-state index in [4.69, 9.17) is 4.74 Å². The van der Waals surface area contributed by atoms with E-state index in [-0.39, 0.29) is 0 Å². The van der Waals surface area contributed by atoms with Gasteiger partial charge in [-0.05, 0) is 42.2 Å². The van der Waals surface area contributed by atoms with Crippen molar-refractivity contribution in [1.29, 1.82) is 0 Å². The number of nitrogens with one attached hydrogen (secondary N) is 1. The third-order valence-corrected chi connectivity index (χ3v) is 2.96. The smallest absolute Gasteiger partial charge is 0.119 e. The molecule has 1 N–H and O–H groups in total. The summed E-state index contributed by atoms with van der Waals surface area (Å²) in [5, 5.41) is 0. The maximum absolute atomic E-state index is 5.70. The lowest BCUT2D eigenvalue weighted by atomic mass is 10.1. The van der Waals surface area contributed by atoms with Gasteiger partial charge in [-0.25, -0.2) is 0 Å². The van der Waals surface area contributed by atoms with Crippen LogP contribution < -0.4 is 10.2 Å². The molecule has 0 radical (unpaired) electrons. The highest BCUT2D eigenvalue weighted by Gasteiger charge is 1.98. The summed E-state index contributed by atoms with van der Waals surface area (Å²) in [6, 6.07) is 12.3. The second-order valence-electron chi connectivity index (χ2n) is 5.10. The summed E-state index contributed by atoms with van der Waals surface area (Å²) in [6.07, 6.45) is 5.07. The van der Waals surface area contributed by atoms with E-state index in [1.165, 1.54) is 5.56 Å². The van der Waals surface area contributed by atoms with Gasteiger partial charge in [0.15, 0.2) is 0 Å². The molecule has 0 bridgehead atoms. The van der Waals surface area contributed by atoms with Crippen LogP contribution in [0.15, 0.2) is 48.8 Å². The number of aromatic nitrogens is 1. The van der Waals surface area contributed by atoms with Crippen LogP contribution in [0.5, 0.6) is 5.75 Å². The average Bonchev–Trinajstić information content (AvgIpc) is 2.90. The molecule has 0 saturated heterocycles. The Morgan fingerprint density at radius 1 is 1.11 bits per heavy atom. The summed E-state index contributed by atoms with van der Waals surface area (Å²) in [4.78, 5) is 0. The Morgan fingerprint density at radius 2 is 1.79 bits per heavy atom. The molecular formula is C16H22N2O. The van der Waals surface area contributed by atoms with Crippen molar-refractivity contribution >= 4 is 0 Å². The fourth-order valence-electron chi connectivity index (χ4n) is 1.74. The largest absolute Gasteiger partial charge is 0.494 e. The highest BCUT2D eigenvalue weighted by Crippen LogP contribution is 2.13. The lowest BCUT2D eigenvalue weighted by Gasteiger charge is -2.10. The number of benzene rings is 1. The van der Waals surface area contributed by atoms with Gasteiger partial charge in [0.2, 0.25) is 0 Å². The maximum atomic E-state index is 5.70. The Morgan fingerprint density at radius 3 is 2.42 bits per heavy atom. The molecule has 0 unspecified atom stereocenters. The van der Waals surface area contributed by atoms with Crippen molar-refractivity contribution in [1.82, 2.24) is 4.68 Å². The van der Waals surface area contributed by atoms with Crippen LogP contribution >= 0.6 is 0 Å². The Balaban J connectivity index is 1.77. The van der Waals surface area contributed by atoms with Crippen molar-refractivity contribution in [3.8, 4) is 5.75 Å². The van der Waals surface area contributed by atoms with Gasteiger partial charge in [-0.2, -0.15) is 0 Å². The van der Waals surface area contributed by atoms with Gasteiger partial charge < -0.3 is 10.2 Å². The molecule has 3 nitrogen and oxygen atoms in total. The Labute approximate surface area is 115 Å². The lowest BCUT2D eigenvalue weighted by Crippen LogP contribution is -2.11. The molecule has 3 heteroatoms. The molecule has 0 aliphatic heterocycles. The van der Waals surface area contributed by atoms with Crippen LogP contribution in [-0.4, -0.2) is 11.3 Å². The summed E-state index contributed by atoms with van der Waals surface area (Å²) < 4.78 is 7.65. The fourth-order valence-corrected chi connectivity index (χ4v) is 1.74. The van der Waals surface area contributed by atoms with Crippen molar-refractivity contribution < 1.29 is 4.74 Å². The first-order valence-electron chi connectivity index (χ1n) is 6.82. The van der Waals surface area contributed by atoms with Gasteiger partial charge in [0.1, 0.15) is 5.75 Å². The summed E-state index contributed by atoms with van der Waals surface area (Å²) >= 11 is 0. The minimum absolute atomic E-state index is 0.685. The molecule has 2 rings (SSSR count). The number of rotatable bonds is 7. The SMILES string of the molecule is CC(C)CCOc1ccc(CNn2cccc2)cc1. The molecule has 0 fully saturated rings. The van der Waals surface area contributed by atoms with Crippen LogP contribution in [-0.2, 0) is 6.54 Å². The van der Waals surface area contributed by atoms with Crippen LogP contribution in [0, 0.1) is 5.92 Å². The molecule has 1 aromatic carbocycles. The maximum Gasteiger partial charge on any atom is 0.119 e. The predicted molar refractivity (Wildman–Crippen MR) is 78.9 cm³/mol. The molecular weight excluding hydrogens is 236 g/mol. The molecule has 0 atom stereocenters. The molecule has 2 aromatic rings. The van der Waals surface area contributed by atoms with E-state index in [1.807, 2.05) is 41.3 Å². The van der Waals surface area contributed by atoms with Crippen LogP contribution in [0.25, 0.3) is 0 Å². The Hall–Kier alpha value is -1.90. The zero-order chi connectivity index (χ0) is 13.5. The fraction of sp³-hybridized carbons (Fsp3) is 0.375. The van der Waals surface area contributed by atoms with Gasteiger partial charge in [-0.1, -0.05) is 26.0 Å². The second kappa shape index (κ2) is 6.88. The molecule has 0 aliphatic carbocycles. The Kier molecular flexibility index (Phi) is 4.90. The minimum atomic E-state index is 0.685. The second-order valence-corrected chi connectivity index (χ2v) is 5.10. The Bertz CT molecular complexity index is 460. The van der Waals surface area contributed by atoms with Gasteiger partial charge in [-0.3, -0.25) is 4.68 Å². The highest BCUT2D eigenvalue weighted by atomic mass is 16.5. The molecule has 19 heavy (non-hydrogen) atoms. The summed E-state index contributed by atoms with van der Waals surface area (Å²) in [5.74, 6) is 1.63. The molecule has 1 heterocycles. The van der Waals surface area contributed by atoms with Crippen molar-refractivity contribution in [3.05, 3.63) is 54.4 Å². The molecule has 102 valence electrons. The monoisotopic (exact) mass is 258 g/mol. The number of nitrogens with zero attached hydrogens (tertiary/aromatic N) is 1. The normalized spacial score (nSPS) is 10.7. The van der Waals surface area contributed by atoms with E-state index in [9.17, 15) is 0 Å². The molecule has 0 amide bonds. The zero-order valence-electron chi connectivity index (χ0n) is 11.7. The van der Waals surface area contributed by atoms with E-state index in [2.05, 4.69) is 31.4 Å². The van der Waals surface area contributed by atoms with E-state index in [1.54, 1.807) is 0 Å². The summed E-state index contributed by atoms with van der Waals surface area (Å²) in [5.41, 5.74) is 4.54. The topological polar surface area (TPSA) is 26.2 Å². The van der Waals surface area contributed by atoms with Crippen LogP contribution in [0.2, 0.25) is 0 Å². The number of hydrogen-bond acceptors (Lipinski definition) is 2. The first-order chi connectivity index (χ1) is 9.24. The zero-order valence-corrected chi connectivity index (χ0v) is 11.7. The third kappa shape index (κ3) is 4.70. The van der Waals surface area contributed by atoms with Gasteiger partial charge in [-0.15, -0.1) is 0 Å². The molecule has 0 spiro atoms. The van der Waals surface area contributed by atoms with Crippen molar-refractivity contribution in [3.63, 3.8) is 0 Å². The quantitative estimate of drug-likeness (QED) is 0.820. The third-order valence-electron chi connectivity index (χ3n) is 2.96. The van der Waals surface area contributed by atoms with E-state index >= 15 is 0 Å². The van der Waals surface area contributed by atoms with Crippen LogP contribution in [0.1, 0.15) is 25.8 Å². The molecule has 0 saturated carbocycles. The van der Waals surface area contributed by atoms with Crippen LogP contribution in [0.3, 0.4) is 0 Å². The minimum Gasteiger partial charge on any atom is -0.494 e. The average molecular weight is 258 g/mol. The summed E-state index contributed by atoms with van der Waals surface area (Å²) in [7, 11) is 0. The first kappa shape index (κ1) is 13.5. The van der Waals surface area contributed by atoms with Gasteiger partial charge in [0.05, 0.1) is 13.2 Å². The standard InChI is InChI=1S/C16H22N2O/c1-14(2)9-12-19-16-7-5-15(6-8-16)13-17-18-10-3-4-11-18/h3-8,10-11,14,17H,9,12-13H2,1-2H3. The van der Waals surface area contributed by atoms with Crippen molar-refractivity contribution in [2.75, 3.05) is 12.0 Å². The lowest BCUT2D eigenvalue weighted by molar-refractivity contribution is 0.289. The summed E-state index contributed by atoms with van der Waals surface area (Å²) in [6.45, 7) is 6.01. The van der Waals surface area contributed by atoms with Gasteiger partial charge >= 0.3 is 0 Å². The van der Waals surface area contributed by atoms with E-state index < -0.39 is 0 Å². The van der Waals surface area contributed by atoms with Crippen molar-refractivity contribution in [2.24, 2.45) is 5.92 Å². The van der Waals surface area contributed by atoms with E-state index in [0.717, 1.165) is 25.3 Å². The number of ether oxygens (including phenoxy) is 1.